The Labute approximate surface area is 98.2 Å². The second kappa shape index (κ2) is 4.58. The first-order chi connectivity index (χ1) is 7.65. The van der Waals surface area contributed by atoms with Crippen LogP contribution in [0.1, 0.15) is 9.67 Å². The van der Waals surface area contributed by atoms with Gasteiger partial charge in [0.05, 0.1) is 12.4 Å². The van der Waals surface area contributed by atoms with Crippen LogP contribution in [-0.2, 0) is 0 Å². The van der Waals surface area contributed by atoms with E-state index >= 15 is 0 Å². The molecule has 2 aromatic rings. The lowest BCUT2D eigenvalue weighted by atomic mass is 10.5. The van der Waals surface area contributed by atoms with Crippen LogP contribution in [0, 0.1) is 5.82 Å². The number of rotatable bonds is 3. The fourth-order valence-electron chi connectivity index (χ4n) is 0.943. The standard InChI is InChI=1S/C9H5FN2O2S2/c10-5-2-11-9(12-3-5)16-6-1-7(8(13)14)15-4-6/h1-4H,(H,13,14). The molecule has 0 saturated heterocycles. The Morgan fingerprint density at radius 1 is 1.44 bits per heavy atom. The molecule has 1 N–H and O–H groups in total. The van der Waals surface area contributed by atoms with Gasteiger partial charge in [0.15, 0.2) is 11.0 Å². The Kier molecular flexibility index (Phi) is 3.16. The van der Waals surface area contributed by atoms with Gasteiger partial charge < -0.3 is 5.11 Å². The fourth-order valence-corrected chi connectivity index (χ4v) is 2.56. The Bertz CT molecular complexity index is 512. The number of aromatic carboxylic acids is 1. The molecule has 0 aromatic carbocycles. The maximum atomic E-state index is 12.5. The van der Waals surface area contributed by atoms with Crippen LogP contribution in [0.25, 0.3) is 0 Å². The van der Waals surface area contributed by atoms with E-state index in [0.717, 1.165) is 28.6 Å². The van der Waals surface area contributed by atoms with Crippen molar-refractivity contribution in [3.63, 3.8) is 0 Å². The van der Waals surface area contributed by atoms with Crippen LogP contribution in [0.5, 0.6) is 0 Å². The summed E-state index contributed by atoms with van der Waals surface area (Å²) in [6, 6.07) is 1.53. The van der Waals surface area contributed by atoms with Crippen LogP contribution >= 0.6 is 23.1 Å². The number of halogens is 1. The maximum absolute atomic E-state index is 12.5. The quantitative estimate of drug-likeness (QED) is 0.855. The van der Waals surface area contributed by atoms with Crippen molar-refractivity contribution in [3.05, 3.63) is 34.5 Å². The number of carbonyl (C=O) groups is 1. The van der Waals surface area contributed by atoms with Crippen molar-refractivity contribution in [2.24, 2.45) is 0 Å². The predicted molar refractivity (Wildman–Crippen MR) is 57.4 cm³/mol. The third-order valence-corrected chi connectivity index (χ3v) is 3.52. The Hall–Kier alpha value is -1.47. The van der Waals surface area contributed by atoms with E-state index in [1.807, 2.05) is 0 Å². The van der Waals surface area contributed by atoms with Gasteiger partial charge in [0.25, 0.3) is 0 Å². The molecule has 2 aromatic heterocycles. The molecule has 0 atom stereocenters. The number of carboxylic acid groups (broad SMARTS) is 1. The average molecular weight is 256 g/mol. The predicted octanol–water partition coefficient (Wildman–Crippen LogP) is 2.53. The molecule has 2 rings (SSSR count). The third-order valence-electron chi connectivity index (χ3n) is 1.59. The van der Waals surface area contributed by atoms with E-state index in [4.69, 9.17) is 5.11 Å². The number of aromatic nitrogens is 2. The van der Waals surface area contributed by atoms with Crippen molar-refractivity contribution in [2.45, 2.75) is 10.1 Å². The van der Waals surface area contributed by atoms with Crippen LogP contribution in [0.2, 0.25) is 0 Å². The molecular formula is C9H5FN2O2S2. The molecule has 0 spiro atoms. The van der Waals surface area contributed by atoms with Gasteiger partial charge in [-0.1, -0.05) is 0 Å². The first-order valence-electron chi connectivity index (χ1n) is 4.12. The lowest BCUT2D eigenvalue weighted by molar-refractivity contribution is 0.0702. The third kappa shape index (κ3) is 2.56. The molecule has 0 radical (unpaired) electrons. The highest BCUT2D eigenvalue weighted by atomic mass is 32.2. The second-order valence-electron chi connectivity index (χ2n) is 2.74. The molecule has 0 aliphatic rings. The highest BCUT2D eigenvalue weighted by Gasteiger charge is 2.08. The van der Waals surface area contributed by atoms with Gasteiger partial charge in [0.2, 0.25) is 0 Å². The van der Waals surface area contributed by atoms with E-state index in [2.05, 4.69) is 9.97 Å². The summed E-state index contributed by atoms with van der Waals surface area (Å²) in [7, 11) is 0. The number of hydrogen-bond acceptors (Lipinski definition) is 5. The maximum Gasteiger partial charge on any atom is 0.345 e. The van der Waals surface area contributed by atoms with E-state index in [9.17, 15) is 9.18 Å². The summed E-state index contributed by atoms with van der Waals surface area (Å²) < 4.78 is 12.5. The number of nitrogens with zero attached hydrogens (tertiary/aromatic N) is 2. The minimum absolute atomic E-state index is 0.254. The molecule has 0 aliphatic heterocycles. The highest BCUT2D eigenvalue weighted by molar-refractivity contribution is 7.99. The molecule has 0 bridgehead atoms. The van der Waals surface area contributed by atoms with Crippen LogP contribution in [0.3, 0.4) is 0 Å². The van der Waals surface area contributed by atoms with Crippen LogP contribution in [-0.4, -0.2) is 21.0 Å². The van der Waals surface area contributed by atoms with Crippen molar-refractivity contribution in [2.75, 3.05) is 0 Å². The van der Waals surface area contributed by atoms with Gasteiger partial charge in [-0.15, -0.1) is 11.3 Å². The summed E-state index contributed by atoms with van der Waals surface area (Å²) in [5.74, 6) is -1.46. The summed E-state index contributed by atoms with van der Waals surface area (Å²) >= 11 is 2.32. The molecule has 0 amide bonds. The smallest absolute Gasteiger partial charge is 0.345 e. The van der Waals surface area contributed by atoms with Gasteiger partial charge in [-0.05, 0) is 17.8 Å². The van der Waals surface area contributed by atoms with Gasteiger partial charge in [0.1, 0.15) is 4.88 Å². The van der Waals surface area contributed by atoms with Crippen molar-refractivity contribution in [1.29, 1.82) is 0 Å². The van der Waals surface area contributed by atoms with Crippen molar-refractivity contribution in [1.82, 2.24) is 9.97 Å². The number of hydrogen-bond donors (Lipinski definition) is 1. The van der Waals surface area contributed by atoms with Gasteiger partial charge in [-0.3, -0.25) is 0 Å². The van der Waals surface area contributed by atoms with Crippen molar-refractivity contribution in [3.8, 4) is 0 Å². The van der Waals surface area contributed by atoms with Crippen LogP contribution in [0.4, 0.5) is 4.39 Å². The normalized spacial score (nSPS) is 10.3. The summed E-state index contributed by atoms with van der Waals surface area (Å²) in [6.45, 7) is 0. The summed E-state index contributed by atoms with van der Waals surface area (Å²) in [6.07, 6.45) is 2.14. The van der Waals surface area contributed by atoms with E-state index in [0.29, 0.717) is 5.16 Å². The van der Waals surface area contributed by atoms with E-state index in [1.54, 1.807) is 5.38 Å². The zero-order chi connectivity index (χ0) is 11.5. The fraction of sp³-hybridized carbons (Fsp3) is 0. The van der Waals surface area contributed by atoms with Gasteiger partial charge in [-0.2, -0.15) is 0 Å². The molecule has 4 nitrogen and oxygen atoms in total. The molecule has 0 aliphatic carbocycles. The molecule has 16 heavy (non-hydrogen) atoms. The lowest BCUT2D eigenvalue weighted by Crippen LogP contribution is -1.90. The first kappa shape index (κ1) is 11.0. The average Bonchev–Trinajstić information content (AvgIpc) is 2.70. The van der Waals surface area contributed by atoms with Gasteiger partial charge in [0, 0.05) is 10.3 Å². The monoisotopic (exact) mass is 256 g/mol. The lowest BCUT2D eigenvalue weighted by Gasteiger charge is -1.95. The molecular weight excluding hydrogens is 251 g/mol. The number of thiophene rings is 1. The van der Waals surface area contributed by atoms with Gasteiger partial charge >= 0.3 is 5.97 Å². The summed E-state index contributed by atoms with van der Waals surface area (Å²) in [4.78, 5) is 19.1. The van der Waals surface area contributed by atoms with Crippen LogP contribution < -0.4 is 0 Å². The number of carboxylic acids is 1. The summed E-state index contributed by atoms with van der Waals surface area (Å²) in [5, 5.41) is 10.8. The second-order valence-corrected chi connectivity index (χ2v) is 4.69. The minimum Gasteiger partial charge on any atom is -0.477 e. The zero-order valence-corrected chi connectivity index (χ0v) is 9.39. The largest absolute Gasteiger partial charge is 0.477 e. The molecule has 7 heteroatoms. The zero-order valence-electron chi connectivity index (χ0n) is 7.75. The molecule has 0 saturated carbocycles. The van der Waals surface area contributed by atoms with E-state index in [1.165, 1.54) is 17.8 Å². The van der Waals surface area contributed by atoms with Crippen molar-refractivity contribution < 1.29 is 14.3 Å². The Morgan fingerprint density at radius 2 is 2.12 bits per heavy atom. The highest BCUT2D eigenvalue weighted by Crippen LogP contribution is 2.28. The van der Waals surface area contributed by atoms with Crippen molar-refractivity contribution >= 4 is 29.1 Å². The first-order valence-corrected chi connectivity index (χ1v) is 5.82. The summed E-state index contributed by atoms with van der Waals surface area (Å²) in [5.41, 5.74) is 0. The van der Waals surface area contributed by atoms with E-state index in [-0.39, 0.29) is 4.88 Å². The molecule has 82 valence electrons. The minimum atomic E-state index is -0.961. The molecule has 0 fully saturated rings. The van der Waals surface area contributed by atoms with Crippen LogP contribution in [0.15, 0.2) is 33.9 Å². The Morgan fingerprint density at radius 3 is 2.69 bits per heavy atom. The van der Waals surface area contributed by atoms with Gasteiger partial charge in [-0.25, -0.2) is 19.2 Å². The SMILES string of the molecule is O=C(O)c1cc(Sc2ncc(F)cn2)cs1. The Balaban J connectivity index is 2.14. The molecule has 2 heterocycles. The molecule has 0 unspecified atom stereocenters. The van der Waals surface area contributed by atoms with E-state index < -0.39 is 11.8 Å². The topological polar surface area (TPSA) is 63.1 Å².